The van der Waals surface area contributed by atoms with Crippen LogP contribution in [0.1, 0.15) is 10.6 Å². The maximum Gasteiger partial charge on any atom is 0.293 e. The van der Waals surface area contributed by atoms with Gasteiger partial charge in [-0.2, -0.15) is 0 Å². The molecule has 2 aromatic rings. The molecule has 0 fully saturated rings. The predicted octanol–water partition coefficient (Wildman–Crippen LogP) is 3.23. The number of anilines is 1. The van der Waals surface area contributed by atoms with Gasteiger partial charge in [0, 0.05) is 0 Å². The summed E-state index contributed by atoms with van der Waals surface area (Å²) in [6, 6.07) is 4.96. The van der Waals surface area contributed by atoms with Gasteiger partial charge in [-0.1, -0.05) is 29.3 Å². The summed E-state index contributed by atoms with van der Waals surface area (Å²) in [6.45, 7) is 0. The van der Waals surface area contributed by atoms with Gasteiger partial charge in [0.05, 0.1) is 21.9 Å². The molecule has 0 saturated carbocycles. The summed E-state index contributed by atoms with van der Waals surface area (Å²) in [6.07, 6.45) is 2.49. The second kappa shape index (κ2) is 4.55. The first-order chi connectivity index (χ1) is 7.68. The monoisotopic (exact) mass is 256 g/mol. The Morgan fingerprint density at radius 2 is 2.19 bits per heavy atom. The van der Waals surface area contributed by atoms with Crippen LogP contribution >= 0.6 is 23.2 Å². The van der Waals surface area contributed by atoms with Crippen molar-refractivity contribution in [3.05, 3.63) is 46.6 Å². The summed E-state index contributed by atoms with van der Waals surface area (Å²) < 4.78 is 4.84. The predicted molar refractivity (Wildman–Crippen MR) is 60.9 cm³/mol. The van der Waals surface area contributed by atoms with Gasteiger partial charge in [-0.25, -0.2) is 4.98 Å². The van der Waals surface area contributed by atoms with Gasteiger partial charge < -0.3 is 9.73 Å². The van der Waals surface area contributed by atoms with Crippen molar-refractivity contribution in [1.82, 2.24) is 4.98 Å². The Balaban J connectivity index is 2.22. The van der Waals surface area contributed by atoms with E-state index in [2.05, 4.69) is 10.3 Å². The standard InChI is InChI=1S/C10H6Cl2N2O2/c11-6-2-1-3-7(9(6)12)14-10(15)8-4-13-5-16-8/h1-5H,(H,14,15). The van der Waals surface area contributed by atoms with E-state index in [1.54, 1.807) is 18.2 Å². The Labute approximate surface area is 101 Å². The number of hydrogen-bond acceptors (Lipinski definition) is 3. The Morgan fingerprint density at radius 3 is 2.88 bits per heavy atom. The number of halogens is 2. The van der Waals surface area contributed by atoms with Crippen LogP contribution < -0.4 is 5.32 Å². The average molecular weight is 257 g/mol. The van der Waals surface area contributed by atoms with Crippen molar-refractivity contribution in [3.63, 3.8) is 0 Å². The summed E-state index contributed by atoms with van der Waals surface area (Å²) in [4.78, 5) is 15.2. The summed E-state index contributed by atoms with van der Waals surface area (Å²) in [7, 11) is 0. The summed E-state index contributed by atoms with van der Waals surface area (Å²) in [5.74, 6) is -0.322. The summed E-state index contributed by atoms with van der Waals surface area (Å²) in [5, 5.41) is 3.23. The van der Waals surface area contributed by atoms with Gasteiger partial charge >= 0.3 is 0 Å². The quantitative estimate of drug-likeness (QED) is 0.898. The van der Waals surface area contributed by atoms with Crippen LogP contribution in [0.2, 0.25) is 10.0 Å². The minimum Gasteiger partial charge on any atom is -0.438 e. The highest BCUT2D eigenvalue weighted by molar-refractivity contribution is 6.44. The van der Waals surface area contributed by atoms with Gasteiger partial charge in [0.2, 0.25) is 5.76 Å². The molecule has 2 rings (SSSR count). The topological polar surface area (TPSA) is 55.1 Å². The highest BCUT2D eigenvalue weighted by Gasteiger charge is 2.12. The van der Waals surface area contributed by atoms with E-state index in [-0.39, 0.29) is 10.8 Å². The van der Waals surface area contributed by atoms with Crippen LogP contribution in [0.4, 0.5) is 5.69 Å². The highest BCUT2D eigenvalue weighted by atomic mass is 35.5. The second-order valence-electron chi connectivity index (χ2n) is 2.92. The molecule has 1 heterocycles. The molecule has 1 aromatic heterocycles. The molecule has 0 aliphatic heterocycles. The van der Waals surface area contributed by atoms with Crippen LogP contribution in [-0.2, 0) is 0 Å². The Morgan fingerprint density at radius 1 is 1.38 bits per heavy atom. The number of nitrogens with one attached hydrogen (secondary N) is 1. The number of aromatic nitrogens is 1. The average Bonchev–Trinajstić information content (AvgIpc) is 2.78. The lowest BCUT2D eigenvalue weighted by Gasteiger charge is -2.05. The molecule has 16 heavy (non-hydrogen) atoms. The highest BCUT2D eigenvalue weighted by Crippen LogP contribution is 2.29. The molecule has 0 spiro atoms. The lowest BCUT2D eigenvalue weighted by atomic mass is 10.3. The minimum atomic E-state index is -0.429. The molecule has 4 nitrogen and oxygen atoms in total. The van der Waals surface area contributed by atoms with Gasteiger partial charge in [0.15, 0.2) is 6.39 Å². The molecule has 0 saturated heterocycles. The number of amides is 1. The third-order valence-electron chi connectivity index (χ3n) is 1.86. The third kappa shape index (κ3) is 2.18. The van der Waals surface area contributed by atoms with Crippen LogP contribution in [0.5, 0.6) is 0 Å². The molecule has 0 bridgehead atoms. The first-order valence-electron chi connectivity index (χ1n) is 4.32. The van der Waals surface area contributed by atoms with Crippen molar-refractivity contribution in [2.75, 3.05) is 5.32 Å². The fraction of sp³-hybridized carbons (Fsp3) is 0. The van der Waals surface area contributed by atoms with E-state index in [1.165, 1.54) is 12.6 Å². The van der Waals surface area contributed by atoms with Crippen molar-refractivity contribution in [3.8, 4) is 0 Å². The van der Waals surface area contributed by atoms with Gasteiger partial charge in [-0.05, 0) is 12.1 Å². The van der Waals surface area contributed by atoms with Crippen LogP contribution in [0, 0.1) is 0 Å². The first-order valence-corrected chi connectivity index (χ1v) is 5.08. The first kappa shape index (κ1) is 11.0. The van der Waals surface area contributed by atoms with Crippen LogP contribution in [0.25, 0.3) is 0 Å². The molecule has 1 amide bonds. The molecule has 1 aromatic carbocycles. The maximum atomic E-state index is 11.6. The van der Waals surface area contributed by atoms with Gasteiger partial charge in [0.1, 0.15) is 0 Å². The van der Waals surface area contributed by atoms with Crippen molar-refractivity contribution < 1.29 is 9.21 Å². The van der Waals surface area contributed by atoms with Crippen molar-refractivity contribution in [1.29, 1.82) is 0 Å². The number of benzene rings is 1. The Hall–Kier alpha value is -1.52. The van der Waals surface area contributed by atoms with E-state index < -0.39 is 5.91 Å². The van der Waals surface area contributed by atoms with Crippen molar-refractivity contribution in [2.24, 2.45) is 0 Å². The number of nitrogens with zero attached hydrogens (tertiary/aromatic N) is 1. The molecular weight excluding hydrogens is 251 g/mol. The number of oxazole rings is 1. The number of hydrogen-bond donors (Lipinski definition) is 1. The molecule has 0 radical (unpaired) electrons. The molecule has 0 unspecified atom stereocenters. The fourth-order valence-electron chi connectivity index (χ4n) is 1.11. The smallest absolute Gasteiger partial charge is 0.293 e. The molecule has 0 aliphatic carbocycles. The molecular formula is C10H6Cl2N2O2. The zero-order valence-corrected chi connectivity index (χ0v) is 9.42. The van der Waals surface area contributed by atoms with Crippen molar-refractivity contribution in [2.45, 2.75) is 0 Å². The van der Waals surface area contributed by atoms with E-state index in [1.807, 2.05) is 0 Å². The van der Waals surface area contributed by atoms with Crippen LogP contribution in [0.3, 0.4) is 0 Å². The third-order valence-corrected chi connectivity index (χ3v) is 2.67. The lowest BCUT2D eigenvalue weighted by Crippen LogP contribution is -2.11. The number of carbonyl (C=O) groups excluding carboxylic acids is 1. The number of carbonyl (C=O) groups is 1. The zero-order chi connectivity index (χ0) is 11.5. The van der Waals surface area contributed by atoms with E-state index in [0.29, 0.717) is 10.7 Å². The normalized spacial score (nSPS) is 10.1. The second-order valence-corrected chi connectivity index (χ2v) is 3.71. The maximum absolute atomic E-state index is 11.6. The van der Waals surface area contributed by atoms with Crippen LogP contribution in [-0.4, -0.2) is 10.9 Å². The largest absolute Gasteiger partial charge is 0.438 e. The SMILES string of the molecule is O=C(Nc1cccc(Cl)c1Cl)c1cnco1. The molecule has 6 heteroatoms. The molecule has 0 aliphatic rings. The van der Waals surface area contributed by atoms with E-state index >= 15 is 0 Å². The molecule has 82 valence electrons. The summed E-state index contributed by atoms with van der Waals surface area (Å²) >= 11 is 11.7. The zero-order valence-electron chi connectivity index (χ0n) is 7.91. The molecule has 0 atom stereocenters. The summed E-state index contributed by atoms with van der Waals surface area (Å²) in [5.41, 5.74) is 0.426. The van der Waals surface area contributed by atoms with Gasteiger partial charge in [0.25, 0.3) is 5.91 Å². The number of rotatable bonds is 2. The van der Waals surface area contributed by atoms with E-state index in [4.69, 9.17) is 27.6 Å². The van der Waals surface area contributed by atoms with Crippen molar-refractivity contribution >= 4 is 34.8 Å². The minimum absolute atomic E-state index is 0.107. The van der Waals surface area contributed by atoms with Gasteiger partial charge in [-0.15, -0.1) is 0 Å². The molecule has 1 N–H and O–H groups in total. The Kier molecular flexibility index (Phi) is 3.12. The fourth-order valence-corrected chi connectivity index (χ4v) is 1.46. The van der Waals surface area contributed by atoms with Gasteiger partial charge in [-0.3, -0.25) is 4.79 Å². The Bertz CT molecular complexity index is 512. The van der Waals surface area contributed by atoms with Crippen LogP contribution in [0.15, 0.2) is 35.2 Å². The lowest BCUT2D eigenvalue weighted by molar-refractivity contribution is 0.0996. The van der Waals surface area contributed by atoms with E-state index in [0.717, 1.165) is 0 Å². The van der Waals surface area contributed by atoms with E-state index in [9.17, 15) is 4.79 Å².